The van der Waals surface area contributed by atoms with Gasteiger partial charge in [-0.1, -0.05) is 41.5 Å². The molecular formula is C15H33NS. The van der Waals surface area contributed by atoms with Crippen molar-refractivity contribution < 1.29 is 0 Å². The first-order valence-corrected chi connectivity index (χ1v) is 7.73. The molecule has 0 spiro atoms. The van der Waals surface area contributed by atoms with Crippen molar-refractivity contribution in [2.24, 2.45) is 17.3 Å². The molecule has 0 aliphatic heterocycles. The highest BCUT2D eigenvalue weighted by Gasteiger charge is 2.20. The maximum absolute atomic E-state index is 4.47. The molecule has 0 unspecified atom stereocenters. The molecule has 0 amide bonds. The molecule has 104 valence electrons. The zero-order valence-corrected chi connectivity index (χ0v) is 13.7. The van der Waals surface area contributed by atoms with Crippen LogP contribution in [-0.4, -0.2) is 30.3 Å². The van der Waals surface area contributed by atoms with Crippen LogP contribution >= 0.6 is 12.6 Å². The smallest absolute Gasteiger partial charge is 0.00405 e. The summed E-state index contributed by atoms with van der Waals surface area (Å²) in [6.07, 6.45) is 2.61. The molecule has 0 N–H and O–H groups in total. The zero-order chi connectivity index (χ0) is 13.5. The summed E-state index contributed by atoms with van der Waals surface area (Å²) in [7, 11) is 0. The molecule has 0 radical (unpaired) electrons. The van der Waals surface area contributed by atoms with E-state index in [4.69, 9.17) is 0 Å². The number of hydrogen-bond acceptors (Lipinski definition) is 2. The van der Waals surface area contributed by atoms with Crippen LogP contribution in [0.3, 0.4) is 0 Å². The van der Waals surface area contributed by atoms with Crippen LogP contribution in [0.5, 0.6) is 0 Å². The Morgan fingerprint density at radius 2 is 1.35 bits per heavy atom. The molecule has 17 heavy (non-hydrogen) atoms. The minimum absolute atomic E-state index is 0.330. The standard InChI is InChI=1S/C15H33NS/c1-13(2)7-9-16(10-8-14(3)4)11-15(5,6)12-17/h13-14,17H,7-12H2,1-6H3. The van der Waals surface area contributed by atoms with Crippen molar-refractivity contribution >= 4 is 12.6 Å². The third-order valence-corrected chi connectivity index (χ3v) is 3.98. The van der Waals surface area contributed by atoms with Crippen molar-refractivity contribution in [2.75, 3.05) is 25.4 Å². The third kappa shape index (κ3) is 9.96. The van der Waals surface area contributed by atoms with Crippen molar-refractivity contribution in [1.29, 1.82) is 0 Å². The molecule has 1 nitrogen and oxygen atoms in total. The summed E-state index contributed by atoms with van der Waals surface area (Å²) < 4.78 is 0. The Morgan fingerprint density at radius 1 is 0.941 bits per heavy atom. The van der Waals surface area contributed by atoms with Gasteiger partial charge in [0.05, 0.1) is 0 Å². The van der Waals surface area contributed by atoms with Crippen LogP contribution in [0.25, 0.3) is 0 Å². The summed E-state index contributed by atoms with van der Waals surface area (Å²) in [5.41, 5.74) is 0.330. The van der Waals surface area contributed by atoms with Gasteiger partial charge in [0.2, 0.25) is 0 Å². The first-order chi connectivity index (χ1) is 7.76. The van der Waals surface area contributed by atoms with E-state index in [0.29, 0.717) is 5.41 Å². The van der Waals surface area contributed by atoms with Crippen LogP contribution in [0.2, 0.25) is 0 Å². The fourth-order valence-electron chi connectivity index (χ4n) is 1.81. The lowest BCUT2D eigenvalue weighted by Crippen LogP contribution is -2.37. The number of hydrogen-bond donors (Lipinski definition) is 1. The van der Waals surface area contributed by atoms with Gasteiger partial charge in [-0.25, -0.2) is 0 Å². The molecule has 0 fully saturated rings. The predicted octanol–water partition coefficient (Wildman–Crippen LogP) is 4.34. The summed E-state index contributed by atoms with van der Waals surface area (Å²) >= 11 is 4.47. The van der Waals surface area contributed by atoms with E-state index in [2.05, 4.69) is 59.1 Å². The molecule has 0 bridgehead atoms. The quantitative estimate of drug-likeness (QED) is 0.603. The lowest BCUT2D eigenvalue weighted by atomic mass is 9.94. The van der Waals surface area contributed by atoms with E-state index in [1.165, 1.54) is 32.5 Å². The van der Waals surface area contributed by atoms with Gasteiger partial charge in [0.15, 0.2) is 0 Å². The van der Waals surface area contributed by atoms with Crippen molar-refractivity contribution in [3.8, 4) is 0 Å². The number of rotatable bonds is 9. The van der Waals surface area contributed by atoms with Gasteiger partial charge in [-0.05, 0) is 48.9 Å². The summed E-state index contributed by atoms with van der Waals surface area (Å²) in [6.45, 7) is 17.5. The van der Waals surface area contributed by atoms with Crippen molar-refractivity contribution in [3.63, 3.8) is 0 Å². The Kier molecular flexibility index (Phi) is 8.57. The highest BCUT2D eigenvalue weighted by Crippen LogP contribution is 2.20. The largest absolute Gasteiger partial charge is 0.303 e. The van der Waals surface area contributed by atoms with E-state index in [1.54, 1.807) is 0 Å². The Morgan fingerprint density at radius 3 is 1.65 bits per heavy atom. The second kappa shape index (κ2) is 8.42. The molecule has 0 aliphatic rings. The summed E-state index contributed by atoms with van der Waals surface area (Å²) in [5, 5.41) is 0. The molecule has 2 heteroatoms. The molecule has 0 atom stereocenters. The van der Waals surface area contributed by atoms with Gasteiger partial charge in [0, 0.05) is 6.54 Å². The highest BCUT2D eigenvalue weighted by atomic mass is 32.1. The summed E-state index contributed by atoms with van der Waals surface area (Å²) in [6, 6.07) is 0. The van der Waals surface area contributed by atoms with Crippen LogP contribution < -0.4 is 0 Å². The van der Waals surface area contributed by atoms with Crippen LogP contribution in [0.15, 0.2) is 0 Å². The van der Waals surface area contributed by atoms with E-state index in [1.807, 2.05) is 0 Å². The minimum atomic E-state index is 0.330. The van der Waals surface area contributed by atoms with E-state index in [9.17, 15) is 0 Å². The summed E-state index contributed by atoms with van der Waals surface area (Å²) in [5.74, 6) is 2.57. The summed E-state index contributed by atoms with van der Waals surface area (Å²) in [4.78, 5) is 2.64. The molecule has 0 aromatic rings. The molecule has 0 saturated carbocycles. The number of nitrogens with zero attached hydrogens (tertiary/aromatic N) is 1. The normalized spacial score (nSPS) is 13.1. The Labute approximate surface area is 115 Å². The van der Waals surface area contributed by atoms with Crippen LogP contribution in [-0.2, 0) is 0 Å². The Bertz CT molecular complexity index is 175. The fourth-order valence-corrected chi connectivity index (χ4v) is 1.91. The fraction of sp³-hybridized carbons (Fsp3) is 1.00. The van der Waals surface area contributed by atoms with Crippen molar-refractivity contribution in [3.05, 3.63) is 0 Å². The number of thiol groups is 1. The van der Waals surface area contributed by atoms with Crippen LogP contribution in [0.1, 0.15) is 54.4 Å². The maximum atomic E-state index is 4.47. The molecule has 0 aliphatic carbocycles. The molecule has 0 saturated heterocycles. The van der Waals surface area contributed by atoms with Gasteiger partial charge < -0.3 is 4.90 Å². The second-order valence-corrected chi connectivity index (χ2v) is 7.28. The lowest BCUT2D eigenvalue weighted by Gasteiger charge is -2.32. The van der Waals surface area contributed by atoms with Gasteiger partial charge in [-0.15, -0.1) is 0 Å². The van der Waals surface area contributed by atoms with E-state index >= 15 is 0 Å². The average Bonchev–Trinajstić information content (AvgIpc) is 2.21. The molecule has 0 aromatic heterocycles. The van der Waals surface area contributed by atoms with Gasteiger partial charge in [-0.3, -0.25) is 0 Å². The highest BCUT2D eigenvalue weighted by molar-refractivity contribution is 7.80. The topological polar surface area (TPSA) is 3.24 Å². The van der Waals surface area contributed by atoms with Crippen LogP contribution in [0.4, 0.5) is 0 Å². The maximum Gasteiger partial charge on any atom is 0.00405 e. The van der Waals surface area contributed by atoms with Gasteiger partial charge in [-0.2, -0.15) is 12.6 Å². The van der Waals surface area contributed by atoms with Crippen molar-refractivity contribution in [1.82, 2.24) is 4.90 Å². The predicted molar refractivity (Wildman–Crippen MR) is 83.0 cm³/mol. The molecular weight excluding hydrogens is 226 g/mol. The monoisotopic (exact) mass is 259 g/mol. The van der Waals surface area contributed by atoms with Gasteiger partial charge in [0.1, 0.15) is 0 Å². The first kappa shape index (κ1) is 17.3. The van der Waals surface area contributed by atoms with Gasteiger partial charge in [0.25, 0.3) is 0 Å². The molecule has 0 heterocycles. The average molecular weight is 260 g/mol. The SMILES string of the molecule is CC(C)CCN(CCC(C)C)CC(C)(C)CS. The first-order valence-electron chi connectivity index (χ1n) is 7.10. The van der Waals surface area contributed by atoms with E-state index in [-0.39, 0.29) is 0 Å². The Balaban J connectivity index is 4.19. The minimum Gasteiger partial charge on any atom is -0.303 e. The lowest BCUT2D eigenvalue weighted by molar-refractivity contribution is 0.178. The van der Waals surface area contributed by atoms with E-state index < -0.39 is 0 Å². The van der Waals surface area contributed by atoms with E-state index in [0.717, 1.165) is 17.6 Å². The van der Waals surface area contributed by atoms with Crippen LogP contribution in [0, 0.1) is 17.3 Å². The second-order valence-electron chi connectivity index (χ2n) is 6.96. The third-order valence-electron chi connectivity index (χ3n) is 3.13. The van der Waals surface area contributed by atoms with Crippen molar-refractivity contribution in [2.45, 2.75) is 54.4 Å². The Hall–Kier alpha value is 0.310. The zero-order valence-electron chi connectivity index (χ0n) is 12.8. The molecule has 0 aromatic carbocycles. The van der Waals surface area contributed by atoms with Gasteiger partial charge >= 0.3 is 0 Å². The molecule has 0 rings (SSSR count).